The molecule has 0 aliphatic heterocycles. The number of hydrogen-bond donors (Lipinski definition) is 0. The largest absolute Gasteiger partial charge is 0.306 e. The number of nitrogens with zero attached hydrogens (tertiary/aromatic N) is 3. The van der Waals surface area contributed by atoms with Gasteiger partial charge in [-0.2, -0.15) is 0 Å². The van der Waals surface area contributed by atoms with Crippen molar-refractivity contribution in [3.05, 3.63) is 53.9 Å². The molecule has 26 heavy (non-hydrogen) atoms. The van der Waals surface area contributed by atoms with E-state index in [-0.39, 0.29) is 0 Å². The number of thioether (sulfide) groups is 1. The van der Waals surface area contributed by atoms with Gasteiger partial charge in [-0.15, -0.1) is 10.2 Å². The minimum absolute atomic E-state index is 0.800. The Balaban J connectivity index is 1.49. The van der Waals surface area contributed by atoms with Gasteiger partial charge in [-0.1, -0.05) is 86.3 Å². The molecule has 0 N–H and O–H groups in total. The number of hydrogen-bond acceptors (Lipinski definition) is 3. The van der Waals surface area contributed by atoms with E-state index < -0.39 is 0 Å². The number of fused-ring (bicyclic) bond motifs is 1. The molecule has 136 valence electrons. The van der Waals surface area contributed by atoms with Crippen molar-refractivity contribution in [1.82, 2.24) is 14.8 Å². The van der Waals surface area contributed by atoms with Crippen LogP contribution in [0.5, 0.6) is 0 Å². The number of rotatable bonds is 6. The first-order valence-electron chi connectivity index (χ1n) is 9.86. The smallest absolute Gasteiger partial charge is 0.191 e. The zero-order valence-corrected chi connectivity index (χ0v) is 16.3. The van der Waals surface area contributed by atoms with Crippen molar-refractivity contribution < 1.29 is 0 Å². The topological polar surface area (TPSA) is 30.7 Å². The Kier molecular flexibility index (Phi) is 5.59. The van der Waals surface area contributed by atoms with Gasteiger partial charge in [0.05, 0.1) is 0 Å². The fourth-order valence-corrected chi connectivity index (χ4v) is 5.13. The van der Waals surface area contributed by atoms with E-state index in [0.29, 0.717) is 0 Å². The summed E-state index contributed by atoms with van der Waals surface area (Å²) in [6.45, 7) is 3.16. The maximum Gasteiger partial charge on any atom is 0.191 e. The van der Waals surface area contributed by atoms with Crippen LogP contribution >= 0.6 is 11.8 Å². The minimum atomic E-state index is 0.800. The summed E-state index contributed by atoms with van der Waals surface area (Å²) in [6.07, 6.45) is 7.98. The molecule has 1 aliphatic carbocycles. The molecular formula is C22H27N3S. The number of aromatic nitrogens is 3. The summed E-state index contributed by atoms with van der Waals surface area (Å²) >= 11 is 1.81. The Bertz CT molecular complexity index is 859. The maximum absolute atomic E-state index is 4.55. The average Bonchev–Trinajstić information content (AvgIpc) is 3.08. The predicted octanol–water partition coefficient (Wildman–Crippen LogP) is 5.87. The van der Waals surface area contributed by atoms with Gasteiger partial charge in [0.2, 0.25) is 0 Å². The summed E-state index contributed by atoms with van der Waals surface area (Å²) in [5.74, 6) is 2.91. The van der Waals surface area contributed by atoms with Crippen molar-refractivity contribution in [2.75, 3.05) is 0 Å². The van der Waals surface area contributed by atoms with E-state index >= 15 is 0 Å². The third-order valence-corrected chi connectivity index (χ3v) is 6.56. The minimum Gasteiger partial charge on any atom is -0.306 e. The van der Waals surface area contributed by atoms with Crippen LogP contribution in [0, 0.1) is 5.92 Å². The van der Waals surface area contributed by atoms with Gasteiger partial charge >= 0.3 is 0 Å². The van der Waals surface area contributed by atoms with Crippen LogP contribution in [0.15, 0.2) is 47.6 Å². The third-order valence-electron chi connectivity index (χ3n) is 5.54. The van der Waals surface area contributed by atoms with Crippen molar-refractivity contribution in [2.24, 2.45) is 5.92 Å². The first-order valence-corrected chi connectivity index (χ1v) is 10.8. The van der Waals surface area contributed by atoms with Gasteiger partial charge in [0.15, 0.2) is 5.16 Å². The molecule has 0 spiro atoms. The van der Waals surface area contributed by atoms with Gasteiger partial charge in [0.25, 0.3) is 0 Å². The van der Waals surface area contributed by atoms with Crippen LogP contribution in [-0.2, 0) is 18.7 Å². The summed E-state index contributed by atoms with van der Waals surface area (Å²) in [5.41, 5.74) is 1.37. The van der Waals surface area contributed by atoms with Crippen molar-refractivity contribution in [2.45, 2.75) is 62.9 Å². The molecule has 1 aromatic heterocycles. The standard InChI is InChI=1S/C22H27N3S/c1-2-25-21(15-17-9-4-3-5-10-17)23-24-22(25)26-16-19-13-8-12-18-11-6-7-14-20(18)19/h6-8,11-14,17H,2-5,9-10,15-16H2,1H3. The van der Waals surface area contributed by atoms with Crippen LogP contribution in [0.25, 0.3) is 10.8 Å². The van der Waals surface area contributed by atoms with Crippen LogP contribution < -0.4 is 0 Å². The molecule has 0 radical (unpaired) electrons. The molecular weight excluding hydrogens is 338 g/mol. The molecule has 4 rings (SSSR count). The summed E-state index contributed by atoms with van der Waals surface area (Å²) in [4.78, 5) is 0. The lowest BCUT2D eigenvalue weighted by atomic mass is 9.87. The molecule has 0 unspecified atom stereocenters. The molecule has 0 bridgehead atoms. The van der Waals surface area contributed by atoms with Gasteiger partial charge in [-0.3, -0.25) is 0 Å². The average molecular weight is 366 g/mol. The molecule has 0 amide bonds. The van der Waals surface area contributed by atoms with Gasteiger partial charge in [-0.25, -0.2) is 0 Å². The van der Waals surface area contributed by atoms with Crippen LogP contribution in [-0.4, -0.2) is 14.8 Å². The highest BCUT2D eigenvalue weighted by molar-refractivity contribution is 7.98. The van der Waals surface area contributed by atoms with E-state index in [2.05, 4.69) is 64.2 Å². The fraction of sp³-hybridized carbons (Fsp3) is 0.455. The van der Waals surface area contributed by atoms with Crippen molar-refractivity contribution >= 4 is 22.5 Å². The highest BCUT2D eigenvalue weighted by Crippen LogP contribution is 2.29. The summed E-state index contributed by atoms with van der Waals surface area (Å²) in [6, 6.07) is 15.2. The number of benzene rings is 2. The second-order valence-corrected chi connectivity index (χ2v) is 8.22. The Labute approximate surface area is 160 Å². The molecule has 1 heterocycles. The fourth-order valence-electron chi connectivity index (χ4n) is 4.10. The van der Waals surface area contributed by atoms with E-state index in [1.807, 2.05) is 11.8 Å². The SMILES string of the molecule is CCn1c(CC2CCCCC2)nnc1SCc1cccc2ccccc12. The Morgan fingerprint density at radius 3 is 2.65 bits per heavy atom. The maximum atomic E-state index is 4.55. The molecule has 1 fully saturated rings. The molecule has 4 heteroatoms. The van der Waals surface area contributed by atoms with E-state index in [1.165, 1.54) is 54.3 Å². The zero-order valence-electron chi connectivity index (χ0n) is 15.5. The zero-order chi connectivity index (χ0) is 17.8. The molecule has 3 aromatic rings. The van der Waals surface area contributed by atoms with Gasteiger partial charge in [0, 0.05) is 18.7 Å². The molecule has 2 aromatic carbocycles. The van der Waals surface area contributed by atoms with Crippen LogP contribution in [0.2, 0.25) is 0 Å². The van der Waals surface area contributed by atoms with Crippen LogP contribution in [0.3, 0.4) is 0 Å². The van der Waals surface area contributed by atoms with Crippen molar-refractivity contribution in [3.63, 3.8) is 0 Å². The van der Waals surface area contributed by atoms with Crippen LogP contribution in [0.1, 0.15) is 50.4 Å². The summed E-state index contributed by atoms with van der Waals surface area (Å²) in [5, 5.41) is 12.8. The predicted molar refractivity (Wildman–Crippen MR) is 109 cm³/mol. The van der Waals surface area contributed by atoms with Gasteiger partial charge < -0.3 is 4.57 Å². The first kappa shape index (κ1) is 17.6. The highest BCUT2D eigenvalue weighted by Gasteiger charge is 2.19. The Hall–Kier alpha value is -1.81. The van der Waals surface area contributed by atoms with E-state index in [9.17, 15) is 0 Å². The normalized spacial score (nSPS) is 15.6. The molecule has 3 nitrogen and oxygen atoms in total. The molecule has 0 atom stereocenters. The molecule has 0 saturated heterocycles. The van der Waals surface area contributed by atoms with Crippen molar-refractivity contribution in [3.8, 4) is 0 Å². The van der Waals surface area contributed by atoms with E-state index in [0.717, 1.165) is 29.8 Å². The Morgan fingerprint density at radius 2 is 1.81 bits per heavy atom. The third kappa shape index (κ3) is 3.80. The quantitative estimate of drug-likeness (QED) is 0.512. The summed E-state index contributed by atoms with van der Waals surface area (Å²) in [7, 11) is 0. The van der Waals surface area contributed by atoms with E-state index in [4.69, 9.17) is 0 Å². The lowest BCUT2D eigenvalue weighted by Crippen LogP contribution is -2.13. The first-order chi connectivity index (χ1) is 12.8. The molecule has 1 aliphatic rings. The Morgan fingerprint density at radius 1 is 1.00 bits per heavy atom. The molecule has 1 saturated carbocycles. The lowest BCUT2D eigenvalue weighted by Gasteiger charge is -2.21. The van der Waals surface area contributed by atoms with E-state index in [1.54, 1.807) is 0 Å². The summed E-state index contributed by atoms with van der Waals surface area (Å²) < 4.78 is 2.32. The van der Waals surface area contributed by atoms with Gasteiger partial charge in [0.1, 0.15) is 5.82 Å². The van der Waals surface area contributed by atoms with Crippen LogP contribution in [0.4, 0.5) is 0 Å². The second-order valence-electron chi connectivity index (χ2n) is 7.28. The highest BCUT2D eigenvalue weighted by atomic mass is 32.2. The van der Waals surface area contributed by atoms with Gasteiger partial charge in [-0.05, 0) is 29.2 Å². The lowest BCUT2D eigenvalue weighted by molar-refractivity contribution is 0.347. The monoisotopic (exact) mass is 365 g/mol. The van der Waals surface area contributed by atoms with Crippen molar-refractivity contribution in [1.29, 1.82) is 0 Å². The second kappa shape index (κ2) is 8.26.